The highest BCUT2D eigenvalue weighted by atomic mass is 32.2. The van der Waals surface area contributed by atoms with Crippen molar-refractivity contribution in [2.75, 3.05) is 12.3 Å². The Morgan fingerprint density at radius 3 is 3.00 bits per heavy atom. The number of carbonyl (C=O) groups is 2. The van der Waals surface area contributed by atoms with Gasteiger partial charge < -0.3 is 10.2 Å². The summed E-state index contributed by atoms with van der Waals surface area (Å²) in [5.41, 5.74) is 1.68. The molecule has 1 unspecified atom stereocenters. The lowest BCUT2D eigenvalue weighted by Crippen LogP contribution is -2.47. The number of rotatable bonds is 7. The van der Waals surface area contributed by atoms with Gasteiger partial charge in [0.05, 0.1) is 0 Å². The van der Waals surface area contributed by atoms with Crippen molar-refractivity contribution in [2.45, 2.75) is 31.1 Å². The smallest absolute Gasteiger partial charge is 0.255 e. The summed E-state index contributed by atoms with van der Waals surface area (Å²) in [5, 5.41) is 10.2. The van der Waals surface area contributed by atoms with Gasteiger partial charge >= 0.3 is 0 Å². The summed E-state index contributed by atoms with van der Waals surface area (Å²) in [4.78, 5) is 30.6. The van der Waals surface area contributed by atoms with Crippen molar-refractivity contribution in [1.82, 2.24) is 25.4 Å². The first-order valence-electron chi connectivity index (χ1n) is 7.85. The number of benzene rings is 1. The highest BCUT2D eigenvalue weighted by molar-refractivity contribution is 7.99. The Balaban J connectivity index is 1.54. The lowest BCUT2D eigenvalue weighted by molar-refractivity contribution is -0.125. The number of nitrogens with zero attached hydrogens (tertiary/aromatic N) is 3. The van der Waals surface area contributed by atoms with Crippen LogP contribution in [0.2, 0.25) is 0 Å². The van der Waals surface area contributed by atoms with Crippen LogP contribution in [-0.2, 0) is 11.3 Å². The van der Waals surface area contributed by atoms with Crippen LogP contribution in [-0.4, -0.2) is 50.2 Å². The summed E-state index contributed by atoms with van der Waals surface area (Å²) < 4.78 is 0. The predicted molar refractivity (Wildman–Crippen MR) is 90.5 cm³/mol. The quantitative estimate of drug-likeness (QED) is 0.585. The maximum Gasteiger partial charge on any atom is 0.255 e. The Morgan fingerprint density at radius 1 is 1.46 bits per heavy atom. The molecule has 0 aliphatic carbocycles. The minimum atomic E-state index is -0.444. The van der Waals surface area contributed by atoms with E-state index in [2.05, 4.69) is 20.5 Å². The van der Waals surface area contributed by atoms with Gasteiger partial charge in [0.15, 0.2) is 5.16 Å². The molecule has 1 aromatic carbocycles. The maximum atomic E-state index is 12.5. The number of amides is 2. The van der Waals surface area contributed by atoms with Gasteiger partial charge in [0, 0.05) is 24.4 Å². The SMILES string of the molecule is CCC(C(=O)NCCSc1ncn[nH]1)N1Cc2ccccc2C1=O. The summed E-state index contributed by atoms with van der Waals surface area (Å²) >= 11 is 1.49. The van der Waals surface area contributed by atoms with Crippen LogP contribution in [0.5, 0.6) is 0 Å². The second kappa shape index (κ2) is 7.48. The van der Waals surface area contributed by atoms with Gasteiger partial charge in [0.25, 0.3) is 5.91 Å². The molecule has 3 rings (SSSR count). The molecular formula is C16H19N5O2S. The van der Waals surface area contributed by atoms with Gasteiger partial charge in [0.2, 0.25) is 5.91 Å². The van der Waals surface area contributed by atoms with E-state index in [0.717, 1.165) is 10.7 Å². The fraction of sp³-hybridized carbons (Fsp3) is 0.375. The number of aromatic amines is 1. The summed E-state index contributed by atoms with van der Waals surface area (Å²) in [6, 6.07) is 7.07. The van der Waals surface area contributed by atoms with E-state index in [0.29, 0.717) is 30.8 Å². The molecule has 1 atom stereocenters. The molecule has 0 bridgehead atoms. The fourth-order valence-electron chi connectivity index (χ4n) is 2.78. The van der Waals surface area contributed by atoms with Crippen LogP contribution in [0.1, 0.15) is 29.3 Å². The second-order valence-corrected chi connectivity index (χ2v) is 6.53. The number of thioether (sulfide) groups is 1. The normalized spacial score (nSPS) is 14.5. The van der Waals surface area contributed by atoms with Crippen molar-refractivity contribution < 1.29 is 9.59 Å². The van der Waals surface area contributed by atoms with Gasteiger partial charge in [-0.15, -0.1) is 0 Å². The molecule has 2 aromatic rings. The van der Waals surface area contributed by atoms with Gasteiger partial charge in [0.1, 0.15) is 12.4 Å². The van der Waals surface area contributed by atoms with Crippen LogP contribution in [0.15, 0.2) is 35.7 Å². The minimum Gasteiger partial charge on any atom is -0.353 e. The molecule has 1 aliphatic heterocycles. The average molecular weight is 345 g/mol. The zero-order chi connectivity index (χ0) is 16.9. The van der Waals surface area contributed by atoms with Crippen LogP contribution in [0, 0.1) is 0 Å². The molecule has 0 saturated carbocycles. The molecule has 1 aliphatic rings. The first-order chi connectivity index (χ1) is 11.7. The largest absolute Gasteiger partial charge is 0.353 e. The number of hydrogen-bond donors (Lipinski definition) is 2. The molecule has 0 radical (unpaired) electrons. The highest BCUT2D eigenvalue weighted by Gasteiger charge is 2.34. The number of aromatic nitrogens is 3. The lowest BCUT2D eigenvalue weighted by Gasteiger charge is -2.25. The molecule has 0 spiro atoms. The fourth-order valence-corrected chi connectivity index (χ4v) is 3.42. The van der Waals surface area contributed by atoms with E-state index in [1.165, 1.54) is 18.1 Å². The third-order valence-electron chi connectivity index (χ3n) is 3.95. The molecule has 1 aromatic heterocycles. The van der Waals surface area contributed by atoms with E-state index in [-0.39, 0.29) is 11.8 Å². The van der Waals surface area contributed by atoms with Crippen molar-refractivity contribution in [1.29, 1.82) is 0 Å². The number of hydrogen-bond acceptors (Lipinski definition) is 5. The first-order valence-corrected chi connectivity index (χ1v) is 8.84. The van der Waals surface area contributed by atoms with Gasteiger partial charge in [-0.2, -0.15) is 5.10 Å². The molecule has 0 fully saturated rings. The Labute approximate surface area is 144 Å². The Hall–Kier alpha value is -2.35. The number of nitrogens with one attached hydrogen (secondary N) is 2. The van der Waals surface area contributed by atoms with Crippen molar-refractivity contribution >= 4 is 23.6 Å². The van der Waals surface area contributed by atoms with Crippen molar-refractivity contribution in [3.63, 3.8) is 0 Å². The molecule has 7 nitrogen and oxygen atoms in total. The number of H-pyrrole nitrogens is 1. The monoisotopic (exact) mass is 345 g/mol. The summed E-state index contributed by atoms with van der Waals surface area (Å²) in [7, 11) is 0. The maximum absolute atomic E-state index is 12.5. The summed E-state index contributed by atoms with van der Waals surface area (Å²) in [6.45, 7) is 2.92. The van der Waals surface area contributed by atoms with E-state index in [1.807, 2.05) is 31.2 Å². The molecule has 0 saturated heterocycles. The van der Waals surface area contributed by atoms with Crippen LogP contribution >= 0.6 is 11.8 Å². The molecule has 2 heterocycles. The third-order valence-corrected chi connectivity index (χ3v) is 4.83. The van der Waals surface area contributed by atoms with E-state index >= 15 is 0 Å². The zero-order valence-electron chi connectivity index (χ0n) is 13.4. The Kier molecular flexibility index (Phi) is 5.14. The van der Waals surface area contributed by atoms with E-state index in [4.69, 9.17) is 0 Å². The minimum absolute atomic E-state index is 0.0661. The second-order valence-electron chi connectivity index (χ2n) is 5.44. The van der Waals surface area contributed by atoms with Crippen LogP contribution in [0.3, 0.4) is 0 Å². The van der Waals surface area contributed by atoms with E-state index in [9.17, 15) is 9.59 Å². The van der Waals surface area contributed by atoms with Crippen molar-refractivity contribution in [2.24, 2.45) is 0 Å². The zero-order valence-corrected chi connectivity index (χ0v) is 14.2. The summed E-state index contributed by atoms with van der Waals surface area (Å²) in [6.07, 6.45) is 2.03. The topological polar surface area (TPSA) is 91.0 Å². The van der Waals surface area contributed by atoms with Crippen LogP contribution in [0.4, 0.5) is 0 Å². The highest BCUT2D eigenvalue weighted by Crippen LogP contribution is 2.25. The standard InChI is InChI=1S/C16H19N5O2S/c1-2-13(14(22)17-7-8-24-16-18-10-19-20-16)21-9-11-5-3-4-6-12(11)15(21)23/h3-6,10,13H,2,7-9H2,1H3,(H,17,22)(H,18,19,20). The lowest BCUT2D eigenvalue weighted by atomic mass is 10.1. The van der Waals surface area contributed by atoms with Crippen molar-refractivity contribution in [3.05, 3.63) is 41.7 Å². The molecule has 2 amide bonds. The van der Waals surface area contributed by atoms with Gasteiger partial charge in [-0.05, 0) is 18.1 Å². The number of carbonyl (C=O) groups excluding carboxylic acids is 2. The average Bonchev–Trinajstić information content (AvgIpc) is 3.22. The summed E-state index contributed by atoms with van der Waals surface area (Å²) in [5.74, 6) is 0.506. The Bertz CT molecular complexity index is 719. The third kappa shape index (κ3) is 3.43. The van der Waals surface area contributed by atoms with Gasteiger partial charge in [-0.3, -0.25) is 14.7 Å². The van der Waals surface area contributed by atoms with E-state index in [1.54, 1.807) is 4.90 Å². The first kappa shape index (κ1) is 16.5. The molecule has 24 heavy (non-hydrogen) atoms. The number of fused-ring (bicyclic) bond motifs is 1. The molecule has 126 valence electrons. The molecular weight excluding hydrogens is 326 g/mol. The van der Waals surface area contributed by atoms with E-state index < -0.39 is 6.04 Å². The Morgan fingerprint density at radius 2 is 2.29 bits per heavy atom. The van der Waals surface area contributed by atoms with Crippen molar-refractivity contribution in [3.8, 4) is 0 Å². The predicted octanol–water partition coefficient (Wildman–Crippen LogP) is 1.45. The van der Waals surface area contributed by atoms with Crippen LogP contribution in [0.25, 0.3) is 0 Å². The molecule has 8 heteroatoms. The van der Waals surface area contributed by atoms with Crippen LogP contribution < -0.4 is 5.32 Å². The van der Waals surface area contributed by atoms with Gasteiger partial charge in [-0.25, -0.2) is 4.98 Å². The van der Waals surface area contributed by atoms with Gasteiger partial charge in [-0.1, -0.05) is 36.9 Å². The molecule has 2 N–H and O–H groups in total.